The minimum Gasteiger partial charge on any atom is -0.493 e. The van der Waals surface area contributed by atoms with Gasteiger partial charge in [0.25, 0.3) is 5.91 Å². The molecule has 2 N–H and O–H groups in total. The molecule has 0 aliphatic heterocycles. The number of aryl methyl sites for hydroxylation is 2. The van der Waals surface area contributed by atoms with Gasteiger partial charge in [0.05, 0.1) is 21.3 Å². The van der Waals surface area contributed by atoms with Crippen LogP contribution in [0, 0.1) is 13.8 Å². The molecule has 0 atom stereocenters. The van der Waals surface area contributed by atoms with Crippen LogP contribution in [-0.4, -0.2) is 32.2 Å². The number of H-pyrrole nitrogens is 1. The van der Waals surface area contributed by atoms with Crippen molar-refractivity contribution in [2.45, 2.75) is 20.4 Å². The molecule has 2 aromatic carbocycles. The van der Waals surface area contributed by atoms with Crippen molar-refractivity contribution >= 4 is 16.8 Å². The second kappa shape index (κ2) is 7.61. The number of methoxy groups -OCH3 is 3. The Morgan fingerprint density at radius 3 is 2.22 bits per heavy atom. The lowest BCUT2D eigenvalue weighted by Crippen LogP contribution is -2.23. The molecule has 27 heavy (non-hydrogen) atoms. The molecule has 1 heterocycles. The first-order valence-electron chi connectivity index (χ1n) is 8.64. The van der Waals surface area contributed by atoms with Gasteiger partial charge in [-0.2, -0.15) is 0 Å². The molecule has 0 saturated heterocycles. The average Bonchev–Trinajstić information content (AvgIpc) is 3.09. The maximum Gasteiger partial charge on any atom is 0.267 e. The molecule has 1 amide bonds. The predicted molar refractivity (Wildman–Crippen MR) is 105 cm³/mol. The molecule has 0 bridgehead atoms. The summed E-state index contributed by atoms with van der Waals surface area (Å²) in [5.74, 6) is 1.46. The van der Waals surface area contributed by atoms with Gasteiger partial charge >= 0.3 is 0 Å². The molecule has 1 aromatic heterocycles. The molecule has 6 nitrogen and oxygen atoms in total. The summed E-state index contributed by atoms with van der Waals surface area (Å²) in [6.07, 6.45) is 0. The van der Waals surface area contributed by atoms with Crippen LogP contribution < -0.4 is 19.5 Å². The number of aromatic nitrogens is 1. The molecule has 0 aliphatic carbocycles. The van der Waals surface area contributed by atoms with E-state index in [2.05, 4.69) is 16.4 Å². The Morgan fingerprint density at radius 1 is 0.963 bits per heavy atom. The fourth-order valence-corrected chi connectivity index (χ4v) is 3.24. The fourth-order valence-electron chi connectivity index (χ4n) is 3.24. The Labute approximate surface area is 158 Å². The minimum atomic E-state index is -0.169. The Balaban J connectivity index is 1.80. The van der Waals surface area contributed by atoms with Gasteiger partial charge in [0.15, 0.2) is 11.5 Å². The number of fused-ring (bicyclic) bond motifs is 1. The number of carbonyl (C=O) groups is 1. The van der Waals surface area contributed by atoms with Crippen LogP contribution in [0.15, 0.2) is 30.3 Å². The largest absolute Gasteiger partial charge is 0.493 e. The number of nitrogens with one attached hydrogen (secondary N) is 2. The van der Waals surface area contributed by atoms with Gasteiger partial charge in [-0.15, -0.1) is 0 Å². The summed E-state index contributed by atoms with van der Waals surface area (Å²) in [4.78, 5) is 15.8. The van der Waals surface area contributed by atoms with Crippen molar-refractivity contribution in [3.8, 4) is 17.2 Å². The SMILES string of the molecule is COc1cc(CNC(=O)c2cc3c(C)cc(C)cc3[nH]2)cc(OC)c1OC. The lowest BCUT2D eigenvalue weighted by atomic mass is 10.1. The number of aromatic amines is 1. The van der Waals surface area contributed by atoms with E-state index in [0.717, 1.165) is 27.6 Å². The summed E-state index contributed by atoms with van der Waals surface area (Å²) in [7, 11) is 4.68. The average molecular weight is 368 g/mol. The summed E-state index contributed by atoms with van der Waals surface area (Å²) in [6, 6.07) is 9.67. The van der Waals surface area contributed by atoms with Crippen molar-refractivity contribution in [2.24, 2.45) is 0 Å². The van der Waals surface area contributed by atoms with Gasteiger partial charge in [-0.3, -0.25) is 4.79 Å². The Kier molecular flexibility index (Phi) is 5.26. The molecule has 142 valence electrons. The zero-order chi connectivity index (χ0) is 19.6. The number of rotatable bonds is 6. The molecule has 3 rings (SSSR count). The van der Waals surface area contributed by atoms with Gasteiger partial charge in [0, 0.05) is 17.4 Å². The van der Waals surface area contributed by atoms with E-state index >= 15 is 0 Å². The molecular weight excluding hydrogens is 344 g/mol. The van der Waals surface area contributed by atoms with Crippen molar-refractivity contribution in [3.05, 3.63) is 52.7 Å². The van der Waals surface area contributed by atoms with E-state index < -0.39 is 0 Å². The van der Waals surface area contributed by atoms with Gasteiger partial charge in [0.2, 0.25) is 5.75 Å². The van der Waals surface area contributed by atoms with E-state index in [1.807, 2.05) is 38.1 Å². The lowest BCUT2D eigenvalue weighted by molar-refractivity contribution is 0.0946. The third-order valence-electron chi connectivity index (χ3n) is 4.51. The van der Waals surface area contributed by atoms with Crippen molar-refractivity contribution < 1.29 is 19.0 Å². The van der Waals surface area contributed by atoms with Crippen molar-refractivity contribution in [2.75, 3.05) is 21.3 Å². The van der Waals surface area contributed by atoms with Crippen molar-refractivity contribution in [1.82, 2.24) is 10.3 Å². The highest BCUT2D eigenvalue weighted by Crippen LogP contribution is 2.38. The minimum absolute atomic E-state index is 0.169. The first kappa shape index (κ1) is 18.6. The van der Waals surface area contributed by atoms with Crippen LogP contribution in [0.4, 0.5) is 0 Å². The van der Waals surface area contributed by atoms with Gasteiger partial charge in [-0.05, 0) is 54.8 Å². The van der Waals surface area contributed by atoms with E-state index in [9.17, 15) is 4.79 Å². The first-order chi connectivity index (χ1) is 13.0. The third-order valence-corrected chi connectivity index (χ3v) is 4.51. The highest BCUT2D eigenvalue weighted by atomic mass is 16.5. The molecule has 0 aliphatic rings. The predicted octanol–water partition coefficient (Wildman–Crippen LogP) is 3.74. The number of amides is 1. The van der Waals surface area contributed by atoms with E-state index in [0.29, 0.717) is 29.5 Å². The summed E-state index contributed by atoms with van der Waals surface area (Å²) in [5, 5.41) is 3.98. The number of hydrogen-bond acceptors (Lipinski definition) is 4. The van der Waals surface area contributed by atoms with Crippen LogP contribution in [0.3, 0.4) is 0 Å². The number of hydrogen-bond donors (Lipinski definition) is 2. The first-order valence-corrected chi connectivity index (χ1v) is 8.64. The highest BCUT2D eigenvalue weighted by Gasteiger charge is 2.15. The Morgan fingerprint density at radius 2 is 1.63 bits per heavy atom. The van der Waals surface area contributed by atoms with Gasteiger partial charge in [-0.25, -0.2) is 0 Å². The monoisotopic (exact) mass is 368 g/mol. The van der Waals surface area contributed by atoms with Gasteiger partial charge in [0.1, 0.15) is 5.69 Å². The topological polar surface area (TPSA) is 72.6 Å². The summed E-state index contributed by atoms with van der Waals surface area (Å²) < 4.78 is 16.0. The van der Waals surface area contributed by atoms with Crippen LogP contribution in [-0.2, 0) is 6.54 Å². The maximum atomic E-state index is 12.6. The standard InChI is InChI=1S/C21H24N2O4/c1-12-6-13(2)15-10-17(23-16(15)7-12)21(24)22-11-14-8-18(25-3)20(27-5)19(9-14)26-4/h6-10,23H,11H2,1-5H3,(H,22,24). The number of ether oxygens (including phenoxy) is 3. The molecular formula is C21H24N2O4. The van der Waals surface area contributed by atoms with Crippen LogP contribution in [0.5, 0.6) is 17.2 Å². The molecule has 0 radical (unpaired) electrons. The summed E-state index contributed by atoms with van der Waals surface area (Å²) in [6.45, 7) is 4.42. The zero-order valence-corrected chi connectivity index (χ0v) is 16.2. The zero-order valence-electron chi connectivity index (χ0n) is 16.2. The molecule has 0 fully saturated rings. The van der Waals surface area contributed by atoms with Crippen molar-refractivity contribution in [3.63, 3.8) is 0 Å². The maximum absolute atomic E-state index is 12.6. The third kappa shape index (κ3) is 3.69. The fraction of sp³-hybridized carbons (Fsp3) is 0.286. The second-order valence-electron chi connectivity index (χ2n) is 6.44. The van der Waals surface area contributed by atoms with E-state index in [-0.39, 0.29) is 5.91 Å². The Hall–Kier alpha value is -3.15. The van der Waals surface area contributed by atoms with Gasteiger partial charge < -0.3 is 24.5 Å². The van der Waals surface area contributed by atoms with Gasteiger partial charge in [-0.1, -0.05) is 6.07 Å². The van der Waals surface area contributed by atoms with E-state index in [4.69, 9.17) is 14.2 Å². The van der Waals surface area contributed by atoms with Crippen LogP contribution in [0.25, 0.3) is 10.9 Å². The van der Waals surface area contributed by atoms with Crippen LogP contribution >= 0.6 is 0 Å². The van der Waals surface area contributed by atoms with E-state index in [1.54, 1.807) is 21.3 Å². The second-order valence-corrected chi connectivity index (χ2v) is 6.44. The molecule has 6 heteroatoms. The summed E-state index contributed by atoms with van der Waals surface area (Å²) in [5.41, 5.74) is 4.65. The highest BCUT2D eigenvalue weighted by molar-refractivity contribution is 5.99. The molecule has 0 saturated carbocycles. The van der Waals surface area contributed by atoms with Crippen LogP contribution in [0.1, 0.15) is 27.2 Å². The number of carbonyl (C=O) groups excluding carboxylic acids is 1. The molecule has 0 unspecified atom stereocenters. The van der Waals surface area contributed by atoms with Crippen LogP contribution in [0.2, 0.25) is 0 Å². The number of benzene rings is 2. The van der Waals surface area contributed by atoms with Crippen molar-refractivity contribution in [1.29, 1.82) is 0 Å². The van der Waals surface area contributed by atoms with E-state index in [1.165, 1.54) is 0 Å². The lowest BCUT2D eigenvalue weighted by Gasteiger charge is -2.14. The normalized spacial score (nSPS) is 10.7. The smallest absolute Gasteiger partial charge is 0.267 e. The molecule has 3 aromatic rings. The quantitative estimate of drug-likeness (QED) is 0.695. The molecule has 0 spiro atoms. The Bertz CT molecular complexity index is 966. The summed E-state index contributed by atoms with van der Waals surface area (Å²) >= 11 is 0.